The summed E-state index contributed by atoms with van der Waals surface area (Å²) in [5.74, 6) is -1.08. The quantitative estimate of drug-likeness (QED) is 0.624. The number of carbonyl (C=O) groups is 2. The number of nitrogens with zero attached hydrogens (tertiary/aromatic N) is 2. The third-order valence-electron chi connectivity index (χ3n) is 2.99. The predicted molar refractivity (Wildman–Crippen MR) is 88.8 cm³/mol. The van der Waals surface area contributed by atoms with Crippen LogP contribution in [0.1, 0.15) is 15.9 Å². The summed E-state index contributed by atoms with van der Waals surface area (Å²) in [7, 11) is 1.56. The summed E-state index contributed by atoms with van der Waals surface area (Å²) in [4.78, 5) is 26.8. The molecule has 0 fully saturated rings. The number of rotatable bonds is 6. The number of hydrazone groups is 1. The number of methoxy groups -OCH3 is 1. The summed E-state index contributed by atoms with van der Waals surface area (Å²) >= 11 is 0. The molecule has 7 heteroatoms. The van der Waals surface area contributed by atoms with E-state index in [1.807, 2.05) is 0 Å². The fraction of sp³-hybridized carbons (Fsp3) is 0.0588. The number of ether oxygens (including phenoxy) is 1. The minimum absolute atomic E-state index is 0.298. The largest absolute Gasteiger partial charge is 0.497 e. The van der Waals surface area contributed by atoms with Crippen molar-refractivity contribution in [2.45, 2.75) is 0 Å². The molecule has 122 valence electrons. The van der Waals surface area contributed by atoms with Gasteiger partial charge in [-0.05, 0) is 35.9 Å². The molecule has 0 spiro atoms. The van der Waals surface area contributed by atoms with Crippen molar-refractivity contribution in [1.82, 2.24) is 10.4 Å². The first-order chi connectivity index (χ1) is 11.6. The molecule has 0 radical (unpaired) electrons. The zero-order valence-corrected chi connectivity index (χ0v) is 12.8. The molecule has 2 N–H and O–H groups in total. The van der Waals surface area contributed by atoms with Crippen LogP contribution in [0.2, 0.25) is 0 Å². The lowest BCUT2D eigenvalue weighted by molar-refractivity contribution is -0.129. The Morgan fingerprint density at radius 3 is 2.42 bits per heavy atom. The molecule has 1 heterocycles. The van der Waals surface area contributed by atoms with E-state index in [1.54, 1.807) is 37.5 Å². The summed E-state index contributed by atoms with van der Waals surface area (Å²) in [6, 6.07) is 10.0. The van der Waals surface area contributed by atoms with Gasteiger partial charge in [0.15, 0.2) is 5.71 Å². The van der Waals surface area contributed by atoms with E-state index in [1.165, 1.54) is 30.6 Å². The average molecular weight is 325 g/mol. The number of hydrogen-bond donors (Lipinski definition) is 2. The zero-order chi connectivity index (χ0) is 17.4. The van der Waals surface area contributed by atoms with E-state index < -0.39 is 11.9 Å². The maximum absolute atomic E-state index is 11.8. The summed E-state index contributed by atoms with van der Waals surface area (Å²) in [6.07, 6.45) is 5.79. The van der Waals surface area contributed by atoms with Gasteiger partial charge in [-0.3, -0.25) is 9.78 Å². The minimum atomic E-state index is -1.25. The molecule has 0 atom stereocenters. The molecule has 0 bridgehead atoms. The number of carboxylic acids is 1. The normalized spacial score (nSPS) is 11.3. The lowest BCUT2D eigenvalue weighted by atomic mass is 10.2. The second-order valence-corrected chi connectivity index (χ2v) is 4.59. The highest BCUT2D eigenvalue weighted by Gasteiger charge is 2.08. The maximum Gasteiger partial charge on any atom is 0.356 e. The summed E-state index contributed by atoms with van der Waals surface area (Å²) < 4.78 is 5.05. The van der Waals surface area contributed by atoms with Crippen molar-refractivity contribution in [1.29, 1.82) is 0 Å². The highest BCUT2D eigenvalue weighted by Crippen LogP contribution is 2.12. The van der Waals surface area contributed by atoms with E-state index >= 15 is 0 Å². The Morgan fingerprint density at radius 2 is 1.83 bits per heavy atom. The molecule has 1 amide bonds. The van der Waals surface area contributed by atoms with E-state index in [-0.39, 0.29) is 5.71 Å². The number of amides is 1. The highest BCUT2D eigenvalue weighted by molar-refractivity contribution is 6.41. The van der Waals surface area contributed by atoms with Crippen molar-refractivity contribution in [2.24, 2.45) is 5.10 Å². The molecule has 0 aliphatic rings. The fourth-order valence-corrected chi connectivity index (χ4v) is 1.73. The molecule has 0 aliphatic heterocycles. The Labute approximate surface area is 138 Å². The number of nitrogens with one attached hydrogen (secondary N) is 1. The van der Waals surface area contributed by atoms with Gasteiger partial charge in [0.1, 0.15) is 5.75 Å². The van der Waals surface area contributed by atoms with Gasteiger partial charge in [-0.15, -0.1) is 0 Å². The van der Waals surface area contributed by atoms with Gasteiger partial charge in [-0.1, -0.05) is 18.2 Å². The van der Waals surface area contributed by atoms with E-state index in [0.717, 1.165) is 5.56 Å². The molecule has 0 saturated heterocycles. The molecule has 0 aliphatic carbocycles. The van der Waals surface area contributed by atoms with E-state index in [2.05, 4.69) is 15.5 Å². The molecule has 7 nitrogen and oxygen atoms in total. The molecular formula is C17H15N3O4. The van der Waals surface area contributed by atoms with Crippen LogP contribution < -0.4 is 10.2 Å². The van der Waals surface area contributed by atoms with Crippen LogP contribution in [-0.4, -0.2) is 34.8 Å². The van der Waals surface area contributed by atoms with Gasteiger partial charge in [0.25, 0.3) is 5.91 Å². The topological polar surface area (TPSA) is 101 Å². The van der Waals surface area contributed by atoms with Gasteiger partial charge >= 0.3 is 5.97 Å². The van der Waals surface area contributed by atoms with Crippen LogP contribution in [0.5, 0.6) is 5.75 Å². The Balaban J connectivity index is 2.09. The molecule has 1 aromatic carbocycles. The van der Waals surface area contributed by atoms with Crippen LogP contribution in [0.15, 0.2) is 60.0 Å². The minimum Gasteiger partial charge on any atom is -0.497 e. The Morgan fingerprint density at radius 1 is 1.17 bits per heavy atom. The molecule has 2 rings (SSSR count). The summed E-state index contributed by atoms with van der Waals surface area (Å²) in [5, 5.41) is 12.8. The highest BCUT2D eigenvalue weighted by atomic mass is 16.5. The SMILES string of the molecule is COc1ccc(/C=C/C(=N/NC(=O)c2ccncc2)C(=O)O)cc1. The van der Waals surface area contributed by atoms with E-state index in [0.29, 0.717) is 11.3 Å². The maximum atomic E-state index is 11.8. The summed E-state index contributed by atoms with van der Waals surface area (Å²) in [5.41, 5.74) is 3.01. The predicted octanol–water partition coefficient (Wildman–Crippen LogP) is 1.97. The number of benzene rings is 1. The van der Waals surface area contributed by atoms with Gasteiger partial charge in [-0.2, -0.15) is 5.10 Å². The van der Waals surface area contributed by atoms with Gasteiger partial charge in [0.05, 0.1) is 7.11 Å². The van der Waals surface area contributed by atoms with Crippen LogP contribution in [0.25, 0.3) is 6.08 Å². The zero-order valence-electron chi connectivity index (χ0n) is 12.8. The first kappa shape index (κ1) is 16.9. The van der Waals surface area contributed by atoms with Gasteiger partial charge in [0.2, 0.25) is 0 Å². The second kappa shape index (κ2) is 8.23. The number of aromatic nitrogens is 1. The van der Waals surface area contributed by atoms with Crippen molar-refractivity contribution in [3.05, 3.63) is 66.0 Å². The van der Waals surface area contributed by atoms with Crippen LogP contribution >= 0.6 is 0 Å². The molecule has 0 saturated carbocycles. The van der Waals surface area contributed by atoms with Crippen LogP contribution in [-0.2, 0) is 4.79 Å². The van der Waals surface area contributed by atoms with Crippen molar-refractivity contribution in [3.8, 4) is 5.75 Å². The molecule has 1 aromatic heterocycles. The Kier molecular flexibility index (Phi) is 5.79. The Hall–Kier alpha value is -3.48. The lowest BCUT2D eigenvalue weighted by Gasteiger charge is -2.01. The monoisotopic (exact) mass is 325 g/mol. The van der Waals surface area contributed by atoms with Crippen molar-refractivity contribution < 1.29 is 19.4 Å². The third-order valence-corrected chi connectivity index (χ3v) is 2.99. The number of hydrogen-bond acceptors (Lipinski definition) is 5. The number of carbonyl (C=O) groups excluding carboxylic acids is 1. The van der Waals surface area contributed by atoms with Crippen LogP contribution in [0.4, 0.5) is 0 Å². The van der Waals surface area contributed by atoms with Gasteiger partial charge < -0.3 is 9.84 Å². The number of carboxylic acid groups (broad SMARTS) is 1. The van der Waals surface area contributed by atoms with Crippen LogP contribution in [0, 0.1) is 0 Å². The fourth-order valence-electron chi connectivity index (χ4n) is 1.73. The van der Waals surface area contributed by atoms with E-state index in [9.17, 15) is 9.59 Å². The van der Waals surface area contributed by atoms with Crippen LogP contribution in [0.3, 0.4) is 0 Å². The standard InChI is InChI=1S/C17H15N3O4/c1-24-14-5-2-12(3-6-14)4-7-15(17(22)23)19-20-16(21)13-8-10-18-11-9-13/h2-11H,1H3,(H,20,21)(H,22,23)/b7-4+,19-15-. The van der Waals surface area contributed by atoms with Crippen molar-refractivity contribution >= 4 is 23.7 Å². The summed E-state index contributed by atoms with van der Waals surface area (Å²) in [6.45, 7) is 0. The van der Waals surface area contributed by atoms with Gasteiger partial charge in [-0.25, -0.2) is 10.2 Å². The lowest BCUT2D eigenvalue weighted by Crippen LogP contribution is -2.22. The first-order valence-corrected chi connectivity index (χ1v) is 6.93. The Bertz CT molecular complexity index is 768. The second-order valence-electron chi connectivity index (χ2n) is 4.59. The molecule has 2 aromatic rings. The first-order valence-electron chi connectivity index (χ1n) is 6.93. The molecule has 24 heavy (non-hydrogen) atoms. The third kappa shape index (κ3) is 4.77. The van der Waals surface area contributed by atoms with Crippen molar-refractivity contribution in [2.75, 3.05) is 7.11 Å². The number of aliphatic carboxylic acids is 1. The van der Waals surface area contributed by atoms with E-state index in [4.69, 9.17) is 9.84 Å². The van der Waals surface area contributed by atoms with Crippen molar-refractivity contribution in [3.63, 3.8) is 0 Å². The van der Waals surface area contributed by atoms with Gasteiger partial charge in [0, 0.05) is 18.0 Å². The average Bonchev–Trinajstić information content (AvgIpc) is 2.62. The molecule has 0 unspecified atom stereocenters. The molecular weight excluding hydrogens is 310 g/mol. The smallest absolute Gasteiger partial charge is 0.356 e. The number of pyridine rings is 1.